The fourth-order valence-corrected chi connectivity index (χ4v) is 4.02. The summed E-state index contributed by atoms with van der Waals surface area (Å²) in [6, 6.07) is 5.99. The summed E-state index contributed by atoms with van der Waals surface area (Å²) in [6.45, 7) is 4.86. The first-order chi connectivity index (χ1) is 12.4. The van der Waals surface area contributed by atoms with Gasteiger partial charge in [0.1, 0.15) is 0 Å². The van der Waals surface area contributed by atoms with Crippen LogP contribution in [0.5, 0.6) is 0 Å². The van der Waals surface area contributed by atoms with E-state index in [1.54, 1.807) is 11.8 Å². The van der Waals surface area contributed by atoms with Crippen LogP contribution in [0.2, 0.25) is 0 Å². The maximum atomic E-state index is 5.85. The summed E-state index contributed by atoms with van der Waals surface area (Å²) in [5.74, 6) is 1.72. The van der Waals surface area contributed by atoms with Gasteiger partial charge in [-0.05, 0) is 25.0 Å². The van der Waals surface area contributed by atoms with Crippen molar-refractivity contribution in [3.63, 3.8) is 0 Å². The van der Waals surface area contributed by atoms with Gasteiger partial charge in [0.2, 0.25) is 5.95 Å². The average molecular weight is 361 g/mol. The zero-order valence-electron chi connectivity index (χ0n) is 14.2. The number of anilines is 1. The second-order valence-corrected chi connectivity index (χ2v) is 7.18. The third-order valence-electron chi connectivity index (χ3n) is 4.48. The Morgan fingerprint density at radius 1 is 1.16 bits per heavy atom. The number of nitrogens with zero attached hydrogens (tertiary/aromatic N) is 5. The summed E-state index contributed by atoms with van der Waals surface area (Å²) in [4.78, 5) is 6.65. The molecule has 25 heavy (non-hydrogen) atoms. The van der Waals surface area contributed by atoms with Crippen molar-refractivity contribution in [2.45, 2.75) is 36.4 Å². The van der Waals surface area contributed by atoms with Gasteiger partial charge in [0.25, 0.3) is 0 Å². The molecule has 2 aromatic heterocycles. The van der Waals surface area contributed by atoms with E-state index in [1.807, 2.05) is 24.4 Å². The van der Waals surface area contributed by atoms with E-state index in [1.165, 1.54) is 0 Å². The molecule has 2 aromatic rings. The predicted molar refractivity (Wildman–Crippen MR) is 95.8 cm³/mol. The van der Waals surface area contributed by atoms with Gasteiger partial charge < -0.3 is 14.4 Å². The van der Waals surface area contributed by atoms with Crippen LogP contribution < -0.4 is 4.90 Å². The van der Waals surface area contributed by atoms with E-state index >= 15 is 0 Å². The SMILES string of the molecule is c1ccc(CSc2nnc(N3CCOCC3)n2CC2CCCO2)nc1. The number of thioether (sulfide) groups is 1. The van der Waals surface area contributed by atoms with E-state index in [-0.39, 0.29) is 6.10 Å². The number of rotatable bonds is 6. The van der Waals surface area contributed by atoms with E-state index in [9.17, 15) is 0 Å². The van der Waals surface area contributed by atoms with Crippen LogP contribution in [-0.4, -0.2) is 58.8 Å². The molecule has 1 atom stereocenters. The average Bonchev–Trinajstić information content (AvgIpc) is 3.32. The zero-order chi connectivity index (χ0) is 16.9. The van der Waals surface area contributed by atoms with Crippen LogP contribution in [0.25, 0.3) is 0 Å². The van der Waals surface area contributed by atoms with Crippen LogP contribution in [0.3, 0.4) is 0 Å². The highest BCUT2D eigenvalue weighted by Gasteiger charge is 2.24. The maximum absolute atomic E-state index is 5.85. The van der Waals surface area contributed by atoms with E-state index in [2.05, 4.69) is 24.6 Å². The molecule has 7 nitrogen and oxygen atoms in total. The van der Waals surface area contributed by atoms with Gasteiger partial charge >= 0.3 is 0 Å². The fourth-order valence-electron chi connectivity index (χ4n) is 3.16. The smallest absolute Gasteiger partial charge is 0.228 e. The van der Waals surface area contributed by atoms with Crippen LogP contribution in [0.15, 0.2) is 29.6 Å². The molecule has 0 spiro atoms. The molecule has 0 aliphatic carbocycles. The summed E-state index contributed by atoms with van der Waals surface area (Å²) in [7, 11) is 0. The minimum absolute atomic E-state index is 0.255. The largest absolute Gasteiger partial charge is 0.378 e. The molecule has 8 heteroatoms. The van der Waals surface area contributed by atoms with E-state index in [0.29, 0.717) is 0 Å². The first-order valence-corrected chi connectivity index (χ1v) is 9.79. The molecule has 2 aliphatic heterocycles. The molecule has 2 saturated heterocycles. The minimum atomic E-state index is 0.255. The van der Waals surface area contributed by atoms with Crippen molar-refractivity contribution in [1.82, 2.24) is 19.7 Å². The highest BCUT2D eigenvalue weighted by Crippen LogP contribution is 2.27. The topological polar surface area (TPSA) is 65.3 Å². The zero-order valence-corrected chi connectivity index (χ0v) is 15.0. The van der Waals surface area contributed by atoms with Gasteiger partial charge in [-0.15, -0.1) is 10.2 Å². The Balaban J connectivity index is 1.53. The lowest BCUT2D eigenvalue weighted by Gasteiger charge is -2.28. The van der Waals surface area contributed by atoms with Gasteiger partial charge in [-0.25, -0.2) is 0 Å². The van der Waals surface area contributed by atoms with Crippen LogP contribution in [0, 0.1) is 0 Å². The third-order valence-corrected chi connectivity index (χ3v) is 5.48. The Morgan fingerprint density at radius 3 is 2.84 bits per heavy atom. The van der Waals surface area contributed by atoms with Crippen molar-refractivity contribution in [1.29, 1.82) is 0 Å². The normalized spacial score (nSPS) is 21.0. The summed E-state index contributed by atoms with van der Waals surface area (Å²) < 4.78 is 13.5. The highest BCUT2D eigenvalue weighted by atomic mass is 32.2. The lowest BCUT2D eigenvalue weighted by Crippen LogP contribution is -2.38. The molecule has 2 fully saturated rings. The Labute approximate surface area is 151 Å². The quantitative estimate of drug-likeness (QED) is 0.729. The molecule has 4 heterocycles. The number of hydrogen-bond acceptors (Lipinski definition) is 7. The summed E-state index contributed by atoms with van der Waals surface area (Å²) in [5, 5.41) is 9.87. The number of aromatic nitrogens is 4. The van der Waals surface area contributed by atoms with Gasteiger partial charge in [0.05, 0.1) is 31.6 Å². The van der Waals surface area contributed by atoms with E-state index in [0.717, 1.165) is 74.8 Å². The van der Waals surface area contributed by atoms with Gasteiger partial charge in [-0.2, -0.15) is 0 Å². The first kappa shape index (κ1) is 16.8. The van der Waals surface area contributed by atoms with Crippen LogP contribution in [0.4, 0.5) is 5.95 Å². The van der Waals surface area contributed by atoms with Crippen LogP contribution in [-0.2, 0) is 21.8 Å². The number of morpholine rings is 1. The number of ether oxygens (including phenoxy) is 2. The van der Waals surface area contributed by atoms with Gasteiger partial charge in [-0.1, -0.05) is 17.8 Å². The maximum Gasteiger partial charge on any atom is 0.228 e. The summed E-state index contributed by atoms with van der Waals surface area (Å²) >= 11 is 1.68. The van der Waals surface area contributed by atoms with E-state index in [4.69, 9.17) is 9.47 Å². The molecule has 0 bridgehead atoms. The van der Waals surface area contributed by atoms with Crippen molar-refractivity contribution in [3.8, 4) is 0 Å². The number of pyridine rings is 1. The predicted octanol–water partition coefficient (Wildman–Crippen LogP) is 1.98. The van der Waals surface area contributed by atoms with Crippen molar-refractivity contribution in [2.75, 3.05) is 37.8 Å². The molecule has 0 aromatic carbocycles. The lowest BCUT2D eigenvalue weighted by atomic mass is 10.2. The van der Waals surface area contributed by atoms with Crippen LogP contribution in [0.1, 0.15) is 18.5 Å². The van der Waals surface area contributed by atoms with Gasteiger partial charge in [0.15, 0.2) is 5.16 Å². The number of hydrogen-bond donors (Lipinski definition) is 0. The Morgan fingerprint density at radius 2 is 2.08 bits per heavy atom. The molecule has 134 valence electrons. The highest BCUT2D eigenvalue weighted by molar-refractivity contribution is 7.98. The summed E-state index contributed by atoms with van der Waals surface area (Å²) in [5.41, 5.74) is 1.05. The molecule has 0 saturated carbocycles. The van der Waals surface area contributed by atoms with Crippen LogP contribution >= 0.6 is 11.8 Å². The first-order valence-electron chi connectivity index (χ1n) is 8.80. The monoisotopic (exact) mass is 361 g/mol. The standard InChI is InChI=1S/C17H23N5O2S/c1-2-6-18-14(4-1)13-25-17-20-19-16(21-7-10-23-11-8-21)22(17)12-15-5-3-9-24-15/h1-2,4,6,15H,3,5,7-13H2. The molecular formula is C17H23N5O2S. The van der Waals surface area contributed by atoms with E-state index < -0.39 is 0 Å². The Hall–Kier alpha value is -1.64. The molecule has 1 unspecified atom stereocenters. The lowest BCUT2D eigenvalue weighted by molar-refractivity contribution is 0.0942. The molecule has 4 rings (SSSR count). The Kier molecular flexibility index (Phi) is 5.49. The second kappa shape index (κ2) is 8.16. The van der Waals surface area contributed by atoms with Gasteiger partial charge in [0, 0.05) is 31.6 Å². The fraction of sp³-hybridized carbons (Fsp3) is 0.588. The van der Waals surface area contributed by atoms with Crippen molar-refractivity contribution in [3.05, 3.63) is 30.1 Å². The molecule has 0 radical (unpaired) electrons. The minimum Gasteiger partial charge on any atom is -0.378 e. The molecule has 0 amide bonds. The van der Waals surface area contributed by atoms with Crippen molar-refractivity contribution < 1.29 is 9.47 Å². The molecular weight excluding hydrogens is 338 g/mol. The van der Waals surface area contributed by atoms with Crippen molar-refractivity contribution >= 4 is 17.7 Å². The third kappa shape index (κ3) is 4.13. The molecule has 0 N–H and O–H groups in total. The van der Waals surface area contributed by atoms with Crippen molar-refractivity contribution in [2.24, 2.45) is 0 Å². The second-order valence-electron chi connectivity index (χ2n) is 6.24. The van der Waals surface area contributed by atoms with Gasteiger partial charge in [-0.3, -0.25) is 9.55 Å². The summed E-state index contributed by atoms with van der Waals surface area (Å²) in [6.07, 6.45) is 4.32. The molecule has 2 aliphatic rings. The Bertz CT molecular complexity index is 669.